The molecule has 0 unspecified atom stereocenters. The number of hydrogen-bond acceptors (Lipinski definition) is 5. The summed E-state index contributed by atoms with van der Waals surface area (Å²) in [4.78, 5) is 12.6. The van der Waals surface area contributed by atoms with Crippen molar-refractivity contribution in [3.63, 3.8) is 0 Å². The highest BCUT2D eigenvalue weighted by Gasteiger charge is 2.52. The summed E-state index contributed by atoms with van der Waals surface area (Å²) in [6.07, 6.45) is -0.322. The van der Waals surface area contributed by atoms with Crippen LogP contribution in [0.3, 0.4) is 0 Å². The van der Waals surface area contributed by atoms with E-state index in [1.165, 1.54) is 0 Å². The molecule has 6 nitrogen and oxygen atoms in total. The number of ether oxygens (including phenoxy) is 1. The van der Waals surface area contributed by atoms with Crippen LogP contribution in [0, 0.1) is 5.92 Å². The second-order valence-corrected chi connectivity index (χ2v) is 21.1. The molecule has 0 bridgehead atoms. The minimum atomic E-state index is -2.14. The molecular weight excluding hydrogens is 426 g/mol. The number of carbonyl (C=O) groups is 1. The number of alkyl carbamates (subject to hydrolysis) is 1. The second-order valence-electron chi connectivity index (χ2n) is 11.6. The Balaban J connectivity index is 3.28. The summed E-state index contributed by atoms with van der Waals surface area (Å²) >= 11 is 0. The SMILES string of the molecule is CC[Si](CC)(CC)O[C@H]1[C@@H](CO)C[C@@H](NC(=O)OC(C)(C)C)[C@@H]1O[Si](C)(C)C(C)(C)C. The van der Waals surface area contributed by atoms with Crippen molar-refractivity contribution < 1.29 is 23.5 Å². The summed E-state index contributed by atoms with van der Waals surface area (Å²) in [6, 6.07) is 2.85. The van der Waals surface area contributed by atoms with Gasteiger partial charge >= 0.3 is 6.09 Å². The standard InChI is InChI=1S/C23H49NO5Si2/c1-12-31(13-2,14-3)29-19-17(16-25)15-18(24-21(26)27-22(4,5)6)20(19)28-30(10,11)23(7,8)9/h17-20,25H,12-16H2,1-11H3,(H,24,26)/t17-,18-,19+,20+/m1/s1. The molecule has 1 amide bonds. The third-order valence-electron chi connectivity index (χ3n) is 7.23. The fourth-order valence-corrected chi connectivity index (χ4v) is 8.22. The summed E-state index contributed by atoms with van der Waals surface area (Å²) in [5, 5.41) is 13.3. The number of nitrogens with one attached hydrogen (secondary N) is 1. The van der Waals surface area contributed by atoms with Gasteiger partial charge < -0.3 is 24.0 Å². The van der Waals surface area contributed by atoms with Crippen LogP contribution in [0.25, 0.3) is 0 Å². The fraction of sp³-hybridized carbons (Fsp3) is 0.957. The van der Waals surface area contributed by atoms with Gasteiger partial charge in [0.05, 0.1) is 18.2 Å². The first kappa shape index (κ1) is 28.6. The van der Waals surface area contributed by atoms with Crippen molar-refractivity contribution in [2.24, 2.45) is 5.92 Å². The van der Waals surface area contributed by atoms with Crippen LogP contribution >= 0.6 is 0 Å². The van der Waals surface area contributed by atoms with Gasteiger partial charge in [-0.3, -0.25) is 0 Å². The van der Waals surface area contributed by atoms with E-state index < -0.39 is 28.3 Å². The van der Waals surface area contributed by atoms with Crippen LogP contribution in [0.4, 0.5) is 4.79 Å². The number of aliphatic hydroxyl groups is 1. The Morgan fingerprint density at radius 2 is 1.48 bits per heavy atom. The molecule has 8 heteroatoms. The summed E-state index contributed by atoms with van der Waals surface area (Å²) in [6.45, 7) is 23.3. The Kier molecular flexibility index (Phi) is 9.85. The summed E-state index contributed by atoms with van der Waals surface area (Å²) < 4.78 is 19.3. The Labute approximate surface area is 193 Å². The number of amides is 1. The van der Waals surface area contributed by atoms with E-state index in [-0.39, 0.29) is 35.8 Å². The highest BCUT2D eigenvalue weighted by atomic mass is 28.4. The lowest BCUT2D eigenvalue weighted by atomic mass is 10.1. The van der Waals surface area contributed by atoms with E-state index >= 15 is 0 Å². The zero-order valence-corrected chi connectivity index (χ0v) is 23.9. The maximum absolute atomic E-state index is 12.6. The molecule has 0 heterocycles. The molecule has 2 N–H and O–H groups in total. The average molecular weight is 476 g/mol. The van der Waals surface area contributed by atoms with Gasteiger partial charge in [-0.15, -0.1) is 0 Å². The van der Waals surface area contributed by atoms with Crippen molar-refractivity contribution in [3.05, 3.63) is 0 Å². The molecule has 1 saturated carbocycles. The predicted octanol–water partition coefficient (Wildman–Crippen LogP) is 5.67. The van der Waals surface area contributed by atoms with E-state index in [2.05, 4.69) is 60.0 Å². The van der Waals surface area contributed by atoms with E-state index in [0.717, 1.165) is 18.1 Å². The summed E-state index contributed by atoms with van der Waals surface area (Å²) in [7, 11) is -4.07. The topological polar surface area (TPSA) is 77.0 Å². The third kappa shape index (κ3) is 7.55. The fourth-order valence-electron chi connectivity index (χ4n) is 3.99. The van der Waals surface area contributed by atoms with E-state index in [9.17, 15) is 9.90 Å². The van der Waals surface area contributed by atoms with Gasteiger partial charge in [0.1, 0.15) is 5.60 Å². The van der Waals surface area contributed by atoms with E-state index in [1.54, 1.807) is 0 Å². The molecule has 1 rings (SSSR count). The maximum atomic E-state index is 12.6. The van der Waals surface area contributed by atoms with Gasteiger partial charge in [-0.25, -0.2) is 4.79 Å². The van der Waals surface area contributed by atoms with Crippen molar-refractivity contribution in [1.29, 1.82) is 0 Å². The van der Waals surface area contributed by atoms with E-state index in [1.807, 2.05) is 20.8 Å². The van der Waals surface area contributed by atoms with Crippen LogP contribution in [-0.2, 0) is 13.6 Å². The minimum Gasteiger partial charge on any atom is -0.444 e. The number of aliphatic hydroxyl groups excluding tert-OH is 1. The van der Waals surface area contributed by atoms with E-state index in [0.29, 0.717) is 6.42 Å². The lowest BCUT2D eigenvalue weighted by Crippen LogP contribution is -2.55. The van der Waals surface area contributed by atoms with Crippen molar-refractivity contribution in [2.45, 2.75) is 129 Å². The van der Waals surface area contributed by atoms with Gasteiger partial charge in [-0.1, -0.05) is 41.5 Å². The molecule has 184 valence electrons. The van der Waals surface area contributed by atoms with Crippen LogP contribution in [0.1, 0.15) is 68.7 Å². The van der Waals surface area contributed by atoms with Gasteiger partial charge in [-0.2, -0.15) is 0 Å². The molecule has 0 radical (unpaired) electrons. The van der Waals surface area contributed by atoms with Gasteiger partial charge in [0, 0.05) is 12.5 Å². The van der Waals surface area contributed by atoms with Crippen LogP contribution in [-0.4, -0.2) is 58.3 Å². The molecule has 0 aromatic rings. The molecule has 4 atom stereocenters. The van der Waals surface area contributed by atoms with Gasteiger partial charge in [0.25, 0.3) is 0 Å². The molecule has 1 aliphatic carbocycles. The van der Waals surface area contributed by atoms with Gasteiger partial charge in [-0.05, 0) is 63.5 Å². The van der Waals surface area contributed by atoms with Crippen molar-refractivity contribution >= 4 is 22.7 Å². The quantitative estimate of drug-likeness (QED) is 0.420. The molecule has 1 fully saturated rings. The Hall–Kier alpha value is -0.416. The third-order valence-corrected chi connectivity index (χ3v) is 16.3. The molecule has 0 aromatic heterocycles. The first-order valence-electron chi connectivity index (χ1n) is 12.0. The number of hydrogen-bond donors (Lipinski definition) is 2. The highest BCUT2D eigenvalue weighted by molar-refractivity contribution is 6.74. The Morgan fingerprint density at radius 1 is 0.968 bits per heavy atom. The molecule has 1 aliphatic rings. The molecular formula is C23H49NO5Si2. The first-order valence-corrected chi connectivity index (χ1v) is 17.4. The van der Waals surface area contributed by atoms with Crippen LogP contribution in [0.15, 0.2) is 0 Å². The molecule has 0 saturated heterocycles. The number of rotatable bonds is 9. The molecule has 0 aromatic carbocycles. The lowest BCUT2D eigenvalue weighted by molar-refractivity contribution is 0.0118. The predicted molar refractivity (Wildman–Crippen MR) is 132 cm³/mol. The van der Waals surface area contributed by atoms with Crippen LogP contribution in [0.2, 0.25) is 36.3 Å². The largest absolute Gasteiger partial charge is 0.444 e. The molecule has 0 spiro atoms. The smallest absolute Gasteiger partial charge is 0.407 e. The van der Waals surface area contributed by atoms with Crippen molar-refractivity contribution in [1.82, 2.24) is 5.32 Å². The zero-order valence-electron chi connectivity index (χ0n) is 21.9. The first-order chi connectivity index (χ1) is 14.0. The molecule has 0 aliphatic heterocycles. The van der Waals surface area contributed by atoms with Crippen LogP contribution in [0.5, 0.6) is 0 Å². The summed E-state index contributed by atoms with van der Waals surface area (Å²) in [5.41, 5.74) is -0.570. The highest BCUT2D eigenvalue weighted by Crippen LogP contribution is 2.42. The lowest BCUT2D eigenvalue weighted by Gasteiger charge is -2.43. The average Bonchev–Trinajstić information content (AvgIpc) is 2.93. The van der Waals surface area contributed by atoms with Gasteiger partial charge in [0.2, 0.25) is 0 Å². The van der Waals surface area contributed by atoms with Crippen molar-refractivity contribution in [3.8, 4) is 0 Å². The zero-order chi connectivity index (χ0) is 24.3. The maximum Gasteiger partial charge on any atom is 0.407 e. The van der Waals surface area contributed by atoms with Crippen molar-refractivity contribution in [2.75, 3.05) is 6.61 Å². The minimum absolute atomic E-state index is 0.0240. The monoisotopic (exact) mass is 475 g/mol. The Bertz CT molecular complexity index is 573. The van der Waals surface area contributed by atoms with Gasteiger partial charge in [0.15, 0.2) is 16.6 Å². The number of carbonyl (C=O) groups excluding carboxylic acids is 1. The Morgan fingerprint density at radius 3 is 1.87 bits per heavy atom. The molecule has 31 heavy (non-hydrogen) atoms. The second kappa shape index (κ2) is 10.7. The van der Waals surface area contributed by atoms with E-state index in [4.69, 9.17) is 13.6 Å². The normalized spacial score (nSPS) is 25.5. The van der Waals surface area contributed by atoms with Crippen LogP contribution < -0.4 is 5.32 Å². The summed E-state index contributed by atoms with van der Waals surface area (Å²) in [5.74, 6) is -0.0637.